The van der Waals surface area contributed by atoms with Gasteiger partial charge in [-0.3, -0.25) is 0 Å². The summed E-state index contributed by atoms with van der Waals surface area (Å²) in [6, 6.07) is 17.0. The van der Waals surface area contributed by atoms with Gasteiger partial charge in [-0.25, -0.2) is 0 Å². The van der Waals surface area contributed by atoms with Gasteiger partial charge in [0.15, 0.2) is 0 Å². The predicted molar refractivity (Wildman–Crippen MR) is 87.0 cm³/mol. The summed E-state index contributed by atoms with van der Waals surface area (Å²) in [7, 11) is 1.71. The number of epoxide rings is 1. The highest BCUT2D eigenvalue weighted by Gasteiger charge is 2.01. The molecule has 0 bridgehead atoms. The third-order valence-corrected chi connectivity index (χ3v) is 3.52. The summed E-state index contributed by atoms with van der Waals surface area (Å²) in [5, 5.41) is 0. The first-order chi connectivity index (χ1) is 10.3. The normalized spacial score (nSPS) is 12.3. The Labute approximate surface area is 127 Å². The molecule has 1 heterocycles. The highest BCUT2D eigenvalue weighted by atomic mass is 16.6. The Kier molecular flexibility index (Phi) is 6.29. The molecular weight excluding hydrogens is 260 g/mol. The molecule has 0 atom stereocenters. The van der Waals surface area contributed by atoms with Gasteiger partial charge in [-0.05, 0) is 48.1 Å². The summed E-state index contributed by atoms with van der Waals surface area (Å²) >= 11 is 0. The van der Waals surface area contributed by atoms with E-state index in [2.05, 4.69) is 54.1 Å². The maximum Gasteiger partial charge on any atom is 0.119 e. The molecule has 0 saturated carbocycles. The van der Waals surface area contributed by atoms with Gasteiger partial charge in [0.25, 0.3) is 0 Å². The SMILES string of the molecule is C1CO1.CCc1ccccc1CCc1cccc(OC)c1. The Morgan fingerprint density at radius 2 is 1.67 bits per heavy atom. The summed E-state index contributed by atoms with van der Waals surface area (Å²) in [6.45, 7) is 4.21. The van der Waals surface area contributed by atoms with Crippen molar-refractivity contribution in [1.29, 1.82) is 0 Å². The number of ether oxygens (including phenoxy) is 2. The molecule has 112 valence electrons. The Hall–Kier alpha value is -1.80. The largest absolute Gasteiger partial charge is 0.497 e. The standard InChI is InChI=1S/C17H20O.C2H4O/c1-3-15-8-4-5-9-16(15)12-11-14-7-6-10-17(13-14)18-2;1-2-3-1/h4-10,13H,3,11-12H2,1-2H3;1-2H2. The van der Waals surface area contributed by atoms with Crippen LogP contribution in [0, 0.1) is 0 Å². The van der Waals surface area contributed by atoms with Gasteiger partial charge < -0.3 is 9.47 Å². The van der Waals surface area contributed by atoms with E-state index in [1.807, 2.05) is 6.07 Å². The lowest BCUT2D eigenvalue weighted by Gasteiger charge is -2.08. The van der Waals surface area contributed by atoms with Crippen LogP contribution < -0.4 is 4.74 Å². The van der Waals surface area contributed by atoms with Crippen molar-refractivity contribution in [2.45, 2.75) is 26.2 Å². The van der Waals surface area contributed by atoms with E-state index < -0.39 is 0 Å². The van der Waals surface area contributed by atoms with Crippen molar-refractivity contribution in [1.82, 2.24) is 0 Å². The van der Waals surface area contributed by atoms with Crippen molar-refractivity contribution in [3.8, 4) is 5.75 Å². The maximum atomic E-state index is 5.25. The van der Waals surface area contributed by atoms with E-state index in [0.717, 1.165) is 38.2 Å². The Balaban J connectivity index is 0.000000477. The minimum atomic E-state index is 0.941. The molecule has 2 nitrogen and oxygen atoms in total. The summed E-state index contributed by atoms with van der Waals surface area (Å²) in [5.74, 6) is 0.941. The lowest BCUT2D eigenvalue weighted by atomic mass is 9.98. The average molecular weight is 284 g/mol. The van der Waals surface area contributed by atoms with Crippen molar-refractivity contribution >= 4 is 0 Å². The van der Waals surface area contributed by atoms with Crippen LogP contribution in [0.15, 0.2) is 48.5 Å². The summed E-state index contributed by atoms with van der Waals surface area (Å²) in [6.07, 6.45) is 3.26. The first-order valence-electron chi connectivity index (χ1n) is 7.61. The number of methoxy groups -OCH3 is 1. The molecular formula is C19H24O2. The van der Waals surface area contributed by atoms with E-state index in [1.165, 1.54) is 16.7 Å². The molecule has 0 amide bonds. The second-order valence-electron chi connectivity index (χ2n) is 5.09. The molecule has 0 spiro atoms. The third kappa shape index (κ3) is 5.60. The Bertz CT molecular complexity index is 544. The fourth-order valence-corrected chi connectivity index (χ4v) is 2.25. The van der Waals surface area contributed by atoms with Crippen LogP contribution in [0.2, 0.25) is 0 Å². The molecule has 2 aromatic carbocycles. The number of benzene rings is 2. The van der Waals surface area contributed by atoms with Crippen LogP contribution >= 0.6 is 0 Å². The van der Waals surface area contributed by atoms with Crippen LogP contribution in [-0.4, -0.2) is 20.3 Å². The molecule has 21 heavy (non-hydrogen) atoms. The highest BCUT2D eigenvalue weighted by Crippen LogP contribution is 2.16. The first-order valence-corrected chi connectivity index (χ1v) is 7.61. The Morgan fingerprint density at radius 3 is 2.29 bits per heavy atom. The van der Waals surface area contributed by atoms with Gasteiger partial charge in [-0.15, -0.1) is 0 Å². The monoisotopic (exact) mass is 284 g/mol. The molecule has 0 aromatic heterocycles. The molecule has 3 rings (SSSR count). The van der Waals surface area contributed by atoms with Gasteiger partial charge in [-0.2, -0.15) is 0 Å². The van der Waals surface area contributed by atoms with Crippen molar-refractivity contribution in [2.24, 2.45) is 0 Å². The smallest absolute Gasteiger partial charge is 0.119 e. The van der Waals surface area contributed by atoms with E-state index >= 15 is 0 Å². The third-order valence-electron chi connectivity index (χ3n) is 3.52. The number of rotatable bonds is 5. The molecule has 0 N–H and O–H groups in total. The molecule has 0 unspecified atom stereocenters. The van der Waals surface area contributed by atoms with Crippen molar-refractivity contribution < 1.29 is 9.47 Å². The zero-order chi connectivity index (χ0) is 14.9. The second-order valence-corrected chi connectivity index (χ2v) is 5.09. The average Bonchev–Trinajstić information content (AvgIpc) is 3.42. The van der Waals surface area contributed by atoms with Crippen molar-refractivity contribution in [2.75, 3.05) is 20.3 Å². The molecule has 1 aliphatic heterocycles. The van der Waals surface area contributed by atoms with E-state index in [-0.39, 0.29) is 0 Å². The minimum Gasteiger partial charge on any atom is -0.497 e. The summed E-state index contributed by atoms with van der Waals surface area (Å²) in [4.78, 5) is 0. The van der Waals surface area contributed by atoms with Crippen molar-refractivity contribution in [3.63, 3.8) is 0 Å². The second kappa shape index (κ2) is 8.48. The molecule has 2 heteroatoms. The van der Waals surface area contributed by atoms with Crippen LogP contribution in [-0.2, 0) is 24.0 Å². The number of aryl methyl sites for hydroxylation is 3. The molecule has 0 aliphatic carbocycles. The molecule has 1 fully saturated rings. The fraction of sp³-hybridized carbons (Fsp3) is 0.368. The van der Waals surface area contributed by atoms with E-state index in [0.29, 0.717) is 0 Å². The van der Waals surface area contributed by atoms with E-state index in [4.69, 9.17) is 4.74 Å². The van der Waals surface area contributed by atoms with Gasteiger partial charge in [0.2, 0.25) is 0 Å². The van der Waals surface area contributed by atoms with Gasteiger partial charge in [0.1, 0.15) is 5.75 Å². The zero-order valence-electron chi connectivity index (χ0n) is 13.0. The molecule has 2 aromatic rings. The number of hydrogen-bond donors (Lipinski definition) is 0. The number of hydrogen-bond acceptors (Lipinski definition) is 2. The highest BCUT2D eigenvalue weighted by molar-refractivity contribution is 5.31. The van der Waals surface area contributed by atoms with Crippen LogP contribution in [0.5, 0.6) is 5.75 Å². The molecule has 0 radical (unpaired) electrons. The van der Waals surface area contributed by atoms with Crippen LogP contribution in [0.4, 0.5) is 0 Å². The summed E-state index contributed by atoms with van der Waals surface area (Å²) < 4.78 is 9.75. The van der Waals surface area contributed by atoms with E-state index in [9.17, 15) is 0 Å². The maximum absolute atomic E-state index is 5.25. The van der Waals surface area contributed by atoms with Crippen LogP contribution in [0.25, 0.3) is 0 Å². The van der Waals surface area contributed by atoms with Crippen molar-refractivity contribution in [3.05, 3.63) is 65.2 Å². The predicted octanol–water partition coefficient (Wildman–Crippen LogP) is 4.06. The molecule has 1 saturated heterocycles. The zero-order valence-corrected chi connectivity index (χ0v) is 13.0. The summed E-state index contributed by atoms with van der Waals surface area (Å²) in [5.41, 5.74) is 4.25. The lowest BCUT2D eigenvalue weighted by molar-refractivity contribution is 0.414. The first kappa shape index (κ1) is 15.6. The van der Waals surface area contributed by atoms with Gasteiger partial charge in [0.05, 0.1) is 20.3 Å². The van der Waals surface area contributed by atoms with Gasteiger partial charge in [-0.1, -0.05) is 43.3 Å². The van der Waals surface area contributed by atoms with Crippen LogP contribution in [0.3, 0.4) is 0 Å². The minimum absolute atomic E-state index is 0.941. The van der Waals surface area contributed by atoms with E-state index in [1.54, 1.807) is 7.11 Å². The topological polar surface area (TPSA) is 21.8 Å². The van der Waals surface area contributed by atoms with Gasteiger partial charge >= 0.3 is 0 Å². The Morgan fingerprint density at radius 1 is 0.952 bits per heavy atom. The molecule has 1 aliphatic rings. The quantitative estimate of drug-likeness (QED) is 0.772. The fourth-order valence-electron chi connectivity index (χ4n) is 2.25. The van der Waals surface area contributed by atoms with Crippen LogP contribution in [0.1, 0.15) is 23.6 Å². The van der Waals surface area contributed by atoms with Gasteiger partial charge in [0, 0.05) is 0 Å². The lowest BCUT2D eigenvalue weighted by Crippen LogP contribution is -1.96.